The Morgan fingerprint density at radius 1 is 1.04 bits per heavy atom. The highest BCUT2D eigenvalue weighted by Gasteiger charge is 2.68. The Bertz CT molecular complexity index is 682. The fourth-order valence-corrected chi connectivity index (χ4v) is 8.12. The SMILES string of the molecule is CC(=O)O[C@@H]1CC[C@@]2(C)[C@@H](CC(=O)[C@@H]3[C@@H]2CC[C@@]2(C)[C@H]3CCC23OCCO3)C1. The summed E-state index contributed by atoms with van der Waals surface area (Å²) in [6, 6.07) is 0. The number of ketones is 1. The average Bonchev–Trinajstić information content (AvgIpc) is 3.23. The summed E-state index contributed by atoms with van der Waals surface area (Å²) in [6.07, 6.45) is 7.63. The van der Waals surface area contributed by atoms with Gasteiger partial charge in [0, 0.05) is 31.1 Å². The van der Waals surface area contributed by atoms with Crippen LogP contribution in [-0.2, 0) is 23.8 Å². The van der Waals surface area contributed by atoms with Crippen LogP contribution in [0.15, 0.2) is 0 Å². The lowest BCUT2D eigenvalue weighted by atomic mass is 9.44. The predicted octanol–water partition coefficient (Wildman–Crippen LogP) is 3.88. The number of hydrogen-bond donors (Lipinski definition) is 0. The normalized spacial score (nSPS) is 49.4. The van der Waals surface area contributed by atoms with E-state index >= 15 is 0 Å². The standard InChI is InChI=1S/C23H34O5/c1-14(24)28-16-4-7-21(2)15(12-16)13-19(25)20-17(21)5-8-22(3)18(20)6-9-23(22)26-10-11-27-23/h15-18,20H,4-13H2,1-3H3/t15-,16-,17+,18+,20-,21+,22+/m1/s1. The van der Waals surface area contributed by atoms with Gasteiger partial charge in [0.1, 0.15) is 11.9 Å². The monoisotopic (exact) mass is 390 g/mol. The first kappa shape index (κ1) is 19.0. The van der Waals surface area contributed by atoms with Crippen molar-refractivity contribution in [1.82, 2.24) is 0 Å². The highest BCUT2D eigenvalue weighted by atomic mass is 16.7. The Kier molecular flexibility index (Phi) is 4.27. The van der Waals surface area contributed by atoms with Gasteiger partial charge in [-0.3, -0.25) is 9.59 Å². The third-order valence-corrected chi connectivity index (χ3v) is 9.55. The Labute approximate surface area is 167 Å². The van der Waals surface area contributed by atoms with Crippen LogP contribution < -0.4 is 0 Å². The molecule has 5 aliphatic rings. The van der Waals surface area contributed by atoms with E-state index in [2.05, 4.69) is 13.8 Å². The maximum Gasteiger partial charge on any atom is 0.302 e. The van der Waals surface area contributed by atoms with Gasteiger partial charge in [0.25, 0.3) is 0 Å². The zero-order valence-corrected chi connectivity index (χ0v) is 17.5. The lowest BCUT2D eigenvalue weighted by Gasteiger charge is -2.60. The van der Waals surface area contributed by atoms with E-state index in [1.54, 1.807) is 0 Å². The number of hydrogen-bond acceptors (Lipinski definition) is 5. The molecule has 5 rings (SSSR count). The first-order chi connectivity index (χ1) is 13.3. The zero-order valence-electron chi connectivity index (χ0n) is 17.5. The number of carbonyl (C=O) groups excluding carboxylic acids is 2. The predicted molar refractivity (Wildman–Crippen MR) is 102 cm³/mol. The van der Waals surface area contributed by atoms with E-state index in [0.717, 1.165) is 44.9 Å². The van der Waals surface area contributed by atoms with Crippen LogP contribution in [0.3, 0.4) is 0 Å². The molecule has 1 saturated heterocycles. The Hall–Kier alpha value is -0.940. The minimum atomic E-state index is -0.451. The van der Waals surface area contributed by atoms with Crippen LogP contribution in [0.5, 0.6) is 0 Å². The van der Waals surface area contributed by atoms with Crippen LogP contribution in [0.2, 0.25) is 0 Å². The van der Waals surface area contributed by atoms with Gasteiger partial charge >= 0.3 is 5.97 Å². The van der Waals surface area contributed by atoms with E-state index in [1.807, 2.05) is 0 Å². The van der Waals surface area contributed by atoms with Crippen molar-refractivity contribution in [2.24, 2.45) is 34.5 Å². The first-order valence-corrected chi connectivity index (χ1v) is 11.3. The lowest BCUT2D eigenvalue weighted by molar-refractivity contribution is -0.245. The lowest BCUT2D eigenvalue weighted by Crippen LogP contribution is -2.59. The molecule has 0 aromatic carbocycles. The van der Waals surface area contributed by atoms with Crippen molar-refractivity contribution in [2.75, 3.05) is 13.2 Å². The van der Waals surface area contributed by atoms with Gasteiger partial charge in [-0.1, -0.05) is 13.8 Å². The average molecular weight is 391 g/mol. The van der Waals surface area contributed by atoms with Crippen molar-refractivity contribution in [1.29, 1.82) is 0 Å². The Balaban J connectivity index is 1.42. The Morgan fingerprint density at radius 2 is 1.75 bits per heavy atom. The molecular weight excluding hydrogens is 356 g/mol. The van der Waals surface area contributed by atoms with Crippen LogP contribution in [0.1, 0.15) is 72.1 Å². The first-order valence-electron chi connectivity index (χ1n) is 11.3. The van der Waals surface area contributed by atoms with Crippen LogP contribution in [-0.4, -0.2) is 36.9 Å². The van der Waals surface area contributed by atoms with E-state index in [4.69, 9.17) is 14.2 Å². The van der Waals surface area contributed by atoms with Crippen LogP contribution >= 0.6 is 0 Å². The molecule has 0 aromatic rings. The van der Waals surface area contributed by atoms with E-state index in [9.17, 15) is 9.59 Å². The molecule has 0 unspecified atom stereocenters. The number of Topliss-reactive ketones (excluding diaryl/α,β-unsaturated/α-hetero) is 1. The quantitative estimate of drug-likeness (QED) is 0.636. The van der Waals surface area contributed by atoms with Crippen molar-refractivity contribution in [3.8, 4) is 0 Å². The second-order valence-electron chi connectivity index (χ2n) is 10.6. The minimum Gasteiger partial charge on any atom is -0.463 e. The molecule has 5 heteroatoms. The Morgan fingerprint density at radius 3 is 2.46 bits per heavy atom. The minimum absolute atomic E-state index is 0.0104. The summed E-state index contributed by atoms with van der Waals surface area (Å²) >= 11 is 0. The summed E-state index contributed by atoms with van der Waals surface area (Å²) in [5, 5.41) is 0. The summed E-state index contributed by atoms with van der Waals surface area (Å²) in [4.78, 5) is 24.9. The molecule has 0 bridgehead atoms. The maximum absolute atomic E-state index is 13.5. The summed E-state index contributed by atoms with van der Waals surface area (Å²) in [5.41, 5.74) is 0.141. The van der Waals surface area contributed by atoms with Gasteiger partial charge in [-0.25, -0.2) is 0 Å². The molecule has 1 spiro atoms. The molecule has 0 N–H and O–H groups in total. The van der Waals surface area contributed by atoms with Gasteiger partial charge in [0.2, 0.25) is 0 Å². The molecule has 4 aliphatic carbocycles. The third-order valence-electron chi connectivity index (χ3n) is 9.55. The van der Waals surface area contributed by atoms with Crippen molar-refractivity contribution < 1.29 is 23.8 Å². The maximum atomic E-state index is 13.5. The number of ether oxygens (including phenoxy) is 3. The van der Waals surface area contributed by atoms with Crippen molar-refractivity contribution in [3.63, 3.8) is 0 Å². The van der Waals surface area contributed by atoms with E-state index in [1.165, 1.54) is 6.92 Å². The molecule has 1 heterocycles. The number of rotatable bonds is 1. The molecule has 156 valence electrons. The molecule has 5 nitrogen and oxygen atoms in total. The van der Waals surface area contributed by atoms with Crippen molar-refractivity contribution in [3.05, 3.63) is 0 Å². The van der Waals surface area contributed by atoms with Crippen molar-refractivity contribution in [2.45, 2.75) is 84.0 Å². The highest BCUT2D eigenvalue weighted by molar-refractivity contribution is 5.83. The molecule has 0 radical (unpaired) electrons. The van der Waals surface area contributed by atoms with E-state index in [-0.39, 0.29) is 28.8 Å². The molecule has 1 aliphatic heterocycles. The summed E-state index contributed by atoms with van der Waals surface area (Å²) in [7, 11) is 0. The number of carbonyl (C=O) groups is 2. The molecule has 4 saturated carbocycles. The number of esters is 1. The van der Waals surface area contributed by atoms with Gasteiger partial charge < -0.3 is 14.2 Å². The smallest absolute Gasteiger partial charge is 0.302 e. The fraction of sp³-hybridized carbons (Fsp3) is 0.913. The summed E-state index contributed by atoms with van der Waals surface area (Å²) in [5.74, 6) is 1.12. The fourth-order valence-electron chi connectivity index (χ4n) is 8.12. The van der Waals surface area contributed by atoms with Crippen LogP contribution in [0.4, 0.5) is 0 Å². The van der Waals surface area contributed by atoms with Gasteiger partial charge in [0.15, 0.2) is 5.79 Å². The third kappa shape index (κ3) is 2.44. The molecule has 0 aromatic heterocycles. The van der Waals surface area contributed by atoms with Gasteiger partial charge in [-0.2, -0.15) is 0 Å². The van der Waals surface area contributed by atoms with Gasteiger partial charge in [-0.15, -0.1) is 0 Å². The largest absolute Gasteiger partial charge is 0.463 e. The van der Waals surface area contributed by atoms with Crippen LogP contribution in [0.25, 0.3) is 0 Å². The van der Waals surface area contributed by atoms with Crippen LogP contribution in [0, 0.1) is 34.5 Å². The molecule has 5 fully saturated rings. The van der Waals surface area contributed by atoms with Crippen molar-refractivity contribution >= 4 is 11.8 Å². The topological polar surface area (TPSA) is 61.8 Å². The summed E-state index contributed by atoms with van der Waals surface area (Å²) < 4.78 is 17.9. The molecule has 28 heavy (non-hydrogen) atoms. The van der Waals surface area contributed by atoms with E-state index < -0.39 is 5.79 Å². The molecule has 7 atom stereocenters. The van der Waals surface area contributed by atoms with Gasteiger partial charge in [0.05, 0.1) is 13.2 Å². The molecular formula is C23H34O5. The van der Waals surface area contributed by atoms with Gasteiger partial charge in [-0.05, 0) is 61.7 Å². The second kappa shape index (κ2) is 6.28. The number of fused-ring (bicyclic) bond motifs is 6. The highest BCUT2D eigenvalue weighted by Crippen LogP contribution is 2.68. The second-order valence-corrected chi connectivity index (χ2v) is 10.6. The van der Waals surface area contributed by atoms with E-state index in [0.29, 0.717) is 43.2 Å². The summed E-state index contributed by atoms with van der Waals surface area (Å²) in [6.45, 7) is 7.59. The molecule has 0 amide bonds. The zero-order chi connectivity index (χ0) is 19.7.